The minimum absolute atomic E-state index is 0.0881. The number of aromatic nitrogens is 1. The normalized spacial score (nSPS) is 19.4. The second-order valence-electron chi connectivity index (χ2n) is 6.79. The maximum absolute atomic E-state index is 13.2. The summed E-state index contributed by atoms with van der Waals surface area (Å²) in [6, 6.07) is 7.32. The first-order valence-corrected chi connectivity index (χ1v) is 10.5. The van der Waals surface area contributed by atoms with Crippen LogP contribution >= 0.6 is 0 Å². The van der Waals surface area contributed by atoms with E-state index in [4.69, 9.17) is 9.47 Å². The van der Waals surface area contributed by atoms with Crippen LogP contribution in [0.3, 0.4) is 0 Å². The van der Waals surface area contributed by atoms with Crippen LogP contribution in [0.1, 0.15) is 18.4 Å². The van der Waals surface area contributed by atoms with E-state index < -0.39 is 16.1 Å². The molecule has 1 saturated heterocycles. The maximum atomic E-state index is 13.2. The monoisotopic (exact) mass is 403 g/mol. The van der Waals surface area contributed by atoms with Crippen molar-refractivity contribution in [2.45, 2.75) is 30.7 Å². The molecule has 148 valence electrons. The van der Waals surface area contributed by atoms with Gasteiger partial charge in [0.1, 0.15) is 25.1 Å². The summed E-state index contributed by atoms with van der Waals surface area (Å²) in [4.78, 5) is 16.9. The van der Waals surface area contributed by atoms with Gasteiger partial charge in [-0.05, 0) is 49.6 Å². The highest BCUT2D eigenvalue weighted by Crippen LogP contribution is 2.35. The van der Waals surface area contributed by atoms with Crippen LogP contribution in [0, 0.1) is 6.92 Å². The number of sulfonamides is 1. The van der Waals surface area contributed by atoms with Crippen molar-refractivity contribution in [1.29, 1.82) is 0 Å². The van der Waals surface area contributed by atoms with Gasteiger partial charge in [-0.3, -0.25) is 4.79 Å². The van der Waals surface area contributed by atoms with Gasteiger partial charge in [0.2, 0.25) is 15.9 Å². The summed E-state index contributed by atoms with van der Waals surface area (Å²) in [5, 5.41) is 2.73. The molecule has 3 heterocycles. The highest BCUT2D eigenvalue weighted by Gasteiger charge is 2.40. The number of nitrogens with one attached hydrogen (secondary N) is 1. The Morgan fingerprint density at radius 3 is 2.75 bits per heavy atom. The number of benzene rings is 1. The zero-order chi connectivity index (χ0) is 19.7. The Hall–Kier alpha value is -2.65. The molecule has 9 heteroatoms. The molecular formula is C19H21N3O5S. The van der Waals surface area contributed by atoms with Gasteiger partial charge in [0.05, 0.1) is 4.90 Å². The van der Waals surface area contributed by atoms with Gasteiger partial charge < -0.3 is 14.8 Å². The number of nitrogens with zero attached hydrogens (tertiary/aromatic N) is 2. The zero-order valence-electron chi connectivity index (χ0n) is 15.4. The van der Waals surface area contributed by atoms with Crippen molar-refractivity contribution >= 4 is 21.7 Å². The summed E-state index contributed by atoms with van der Waals surface area (Å²) in [6.07, 6.45) is 2.67. The molecule has 0 saturated carbocycles. The smallest absolute Gasteiger partial charge is 0.243 e. The summed E-state index contributed by atoms with van der Waals surface area (Å²) in [5.74, 6) is 0.952. The van der Waals surface area contributed by atoms with Gasteiger partial charge in [0.25, 0.3) is 0 Å². The number of ether oxygens (including phenoxy) is 2. The lowest BCUT2D eigenvalue weighted by Crippen LogP contribution is -2.43. The van der Waals surface area contributed by atoms with E-state index in [-0.39, 0.29) is 17.3 Å². The van der Waals surface area contributed by atoms with Crippen LogP contribution < -0.4 is 14.8 Å². The minimum Gasteiger partial charge on any atom is -0.486 e. The fraction of sp³-hybridized carbons (Fsp3) is 0.368. The number of hydrogen-bond acceptors (Lipinski definition) is 6. The summed E-state index contributed by atoms with van der Waals surface area (Å²) in [7, 11) is -3.85. The fourth-order valence-electron chi connectivity index (χ4n) is 3.42. The van der Waals surface area contributed by atoms with E-state index >= 15 is 0 Å². The average Bonchev–Trinajstić information content (AvgIpc) is 3.18. The van der Waals surface area contributed by atoms with Crippen LogP contribution in [-0.4, -0.2) is 49.4 Å². The number of amides is 1. The number of pyridine rings is 1. The molecule has 2 aliphatic rings. The van der Waals surface area contributed by atoms with Crippen molar-refractivity contribution < 1.29 is 22.7 Å². The lowest BCUT2D eigenvalue weighted by Gasteiger charge is -2.24. The molecule has 1 atom stereocenters. The third kappa shape index (κ3) is 3.55. The Bertz CT molecular complexity index is 1010. The molecule has 1 aromatic heterocycles. The maximum Gasteiger partial charge on any atom is 0.243 e. The van der Waals surface area contributed by atoms with Gasteiger partial charge in [-0.15, -0.1) is 0 Å². The molecule has 2 aromatic rings. The van der Waals surface area contributed by atoms with Crippen molar-refractivity contribution in [3.63, 3.8) is 0 Å². The number of rotatable bonds is 4. The van der Waals surface area contributed by atoms with Crippen molar-refractivity contribution in [2.24, 2.45) is 0 Å². The van der Waals surface area contributed by atoms with E-state index in [1.807, 2.05) is 13.0 Å². The first kappa shape index (κ1) is 18.7. The summed E-state index contributed by atoms with van der Waals surface area (Å²) < 4.78 is 38.5. The van der Waals surface area contributed by atoms with Crippen molar-refractivity contribution in [3.05, 3.63) is 42.1 Å². The highest BCUT2D eigenvalue weighted by molar-refractivity contribution is 7.89. The molecule has 0 aliphatic carbocycles. The number of anilines is 1. The van der Waals surface area contributed by atoms with Gasteiger partial charge in [-0.2, -0.15) is 4.31 Å². The van der Waals surface area contributed by atoms with Crippen LogP contribution in [0.5, 0.6) is 11.5 Å². The lowest BCUT2D eigenvalue weighted by molar-refractivity contribution is -0.119. The molecule has 1 fully saturated rings. The second-order valence-corrected chi connectivity index (χ2v) is 8.68. The molecule has 1 N–H and O–H groups in total. The highest BCUT2D eigenvalue weighted by atomic mass is 32.2. The van der Waals surface area contributed by atoms with E-state index in [0.717, 1.165) is 5.56 Å². The van der Waals surface area contributed by atoms with Gasteiger partial charge in [0, 0.05) is 18.8 Å². The molecule has 0 bridgehead atoms. The lowest BCUT2D eigenvalue weighted by atomic mass is 10.2. The van der Waals surface area contributed by atoms with E-state index in [2.05, 4.69) is 10.3 Å². The molecule has 1 aromatic carbocycles. The van der Waals surface area contributed by atoms with E-state index in [9.17, 15) is 13.2 Å². The Kier molecular flexibility index (Phi) is 4.94. The minimum atomic E-state index is -3.85. The van der Waals surface area contributed by atoms with Crippen molar-refractivity contribution in [1.82, 2.24) is 9.29 Å². The van der Waals surface area contributed by atoms with Crippen molar-refractivity contribution in [2.75, 3.05) is 25.1 Å². The van der Waals surface area contributed by atoms with Crippen LogP contribution in [-0.2, 0) is 14.8 Å². The summed E-state index contributed by atoms with van der Waals surface area (Å²) >= 11 is 0. The Labute approximate surface area is 163 Å². The van der Waals surface area contributed by atoms with E-state index in [1.54, 1.807) is 18.3 Å². The third-order valence-electron chi connectivity index (χ3n) is 4.79. The summed E-state index contributed by atoms with van der Waals surface area (Å²) in [6.45, 7) is 2.98. The topological polar surface area (TPSA) is 97.8 Å². The third-order valence-corrected chi connectivity index (χ3v) is 6.70. The van der Waals surface area contributed by atoms with E-state index in [0.29, 0.717) is 43.4 Å². The zero-order valence-corrected chi connectivity index (χ0v) is 16.2. The molecular weight excluding hydrogens is 382 g/mol. The van der Waals surface area contributed by atoms with Crippen LogP contribution in [0.2, 0.25) is 0 Å². The first-order valence-electron chi connectivity index (χ1n) is 9.10. The molecule has 8 nitrogen and oxygen atoms in total. The fourth-order valence-corrected chi connectivity index (χ4v) is 5.10. The number of fused-ring (bicyclic) bond motifs is 1. The van der Waals surface area contributed by atoms with Gasteiger partial charge in [-0.1, -0.05) is 0 Å². The molecule has 4 rings (SSSR count). The molecule has 1 amide bonds. The Morgan fingerprint density at radius 2 is 1.96 bits per heavy atom. The van der Waals surface area contributed by atoms with Crippen LogP contribution in [0.4, 0.5) is 5.82 Å². The average molecular weight is 403 g/mol. The standard InChI is InChI=1S/C19H21N3O5S/c1-13-6-7-20-18(11-13)21-19(23)15-3-2-8-22(15)28(24,25)14-4-5-16-17(12-14)27-10-9-26-16/h4-7,11-12,15H,2-3,8-10H2,1H3,(H,20,21,23)/t15-/m1/s1. The largest absolute Gasteiger partial charge is 0.486 e. The SMILES string of the molecule is Cc1ccnc(NC(=O)[C@H]2CCCN2S(=O)(=O)c2ccc3c(c2)OCCO3)c1. The molecule has 0 unspecified atom stereocenters. The predicted octanol–water partition coefficient (Wildman–Crippen LogP) is 1.95. The Balaban J connectivity index is 1.57. The Morgan fingerprint density at radius 1 is 1.18 bits per heavy atom. The van der Waals surface area contributed by atoms with Crippen LogP contribution in [0.15, 0.2) is 41.4 Å². The number of hydrogen-bond donors (Lipinski definition) is 1. The molecule has 2 aliphatic heterocycles. The number of carbonyl (C=O) groups is 1. The summed E-state index contributed by atoms with van der Waals surface area (Å²) in [5.41, 5.74) is 0.956. The number of carbonyl (C=O) groups excluding carboxylic acids is 1. The number of aryl methyl sites for hydroxylation is 1. The van der Waals surface area contributed by atoms with Crippen LogP contribution in [0.25, 0.3) is 0 Å². The van der Waals surface area contributed by atoms with E-state index in [1.165, 1.54) is 16.4 Å². The van der Waals surface area contributed by atoms with Crippen molar-refractivity contribution in [3.8, 4) is 11.5 Å². The first-order chi connectivity index (χ1) is 13.4. The van der Waals surface area contributed by atoms with Gasteiger partial charge in [0.15, 0.2) is 11.5 Å². The van der Waals surface area contributed by atoms with Gasteiger partial charge >= 0.3 is 0 Å². The van der Waals surface area contributed by atoms with Gasteiger partial charge in [-0.25, -0.2) is 13.4 Å². The molecule has 0 spiro atoms. The second kappa shape index (κ2) is 7.40. The molecule has 28 heavy (non-hydrogen) atoms. The predicted molar refractivity (Wildman–Crippen MR) is 102 cm³/mol. The quantitative estimate of drug-likeness (QED) is 0.838. The molecule has 0 radical (unpaired) electrons.